The van der Waals surface area contributed by atoms with Crippen LogP contribution in [0.3, 0.4) is 0 Å². The number of rotatable bonds is 7. The standard InChI is InChI=1S/C19H28N6O.HI/c1-14-17(15(2)25(4)24-14)13-23-19(20-3)21-11-10-18(26)22-12-16-8-6-5-7-9-16;/h5-9H,10-13H2,1-4H3,(H,22,26)(H2,20,21,23);1H. The van der Waals surface area contributed by atoms with Gasteiger partial charge < -0.3 is 16.0 Å². The zero-order valence-corrected chi connectivity index (χ0v) is 18.7. The third-order valence-electron chi connectivity index (χ3n) is 4.29. The molecule has 0 radical (unpaired) electrons. The highest BCUT2D eigenvalue weighted by Gasteiger charge is 2.10. The van der Waals surface area contributed by atoms with Crippen LogP contribution in [0.1, 0.15) is 28.9 Å². The molecular weight excluding hydrogens is 455 g/mol. The van der Waals surface area contributed by atoms with Crippen molar-refractivity contribution in [1.29, 1.82) is 0 Å². The molecule has 1 amide bonds. The molecule has 0 aliphatic rings. The number of carbonyl (C=O) groups excluding carboxylic acids is 1. The molecule has 0 aliphatic carbocycles. The Bertz CT molecular complexity index is 757. The summed E-state index contributed by atoms with van der Waals surface area (Å²) in [6.45, 7) is 5.75. The Morgan fingerprint density at radius 2 is 1.81 bits per heavy atom. The molecule has 2 aromatic rings. The number of aryl methyl sites for hydroxylation is 2. The number of hydrogen-bond acceptors (Lipinski definition) is 3. The first kappa shape index (κ1) is 22.9. The number of aromatic nitrogens is 2. The van der Waals surface area contributed by atoms with Crippen molar-refractivity contribution in [3.05, 3.63) is 52.8 Å². The van der Waals surface area contributed by atoms with Crippen molar-refractivity contribution in [2.45, 2.75) is 33.4 Å². The SMILES string of the molecule is CN=C(NCCC(=O)NCc1ccccc1)NCc1c(C)nn(C)c1C.I. The van der Waals surface area contributed by atoms with Crippen molar-refractivity contribution in [3.63, 3.8) is 0 Å². The maximum absolute atomic E-state index is 11.9. The van der Waals surface area contributed by atoms with Gasteiger partial charge >= 0.3 is 0 Å². The van der Waals surface area contributed by atoms with Gasteiger partial charge in [-0.25, -0.2) is 0 Å². The summed E-state index contributed by atoms with van der Waals surface area (Å²) in [4.78, 5) is 16.1. The number of hydrogen-bond donors (Lipinski definition) is 3. The minimum Gasteiger partial charge on any atom is -0.356 e. The maximum atomic E-state index is 11.9. The molecule has 1 aromatic carbocycles. The highest BCUT2D eigenvalue weighted by atomic mass is 127. The second-order valence-electron chi connectivity index (χ2n) is 6.14. The van der Waals surface area contributed by atoms with Crippen LogP contribution < -0.4 is 16.0 Å². The maximum Gasteiger partial charge on any atom is 0.222 e. The molecule has 0 saturated heterocycles. The van der Waals surface area contributed by atoms with Gasteiger partial charge in [-0.1, -0.05) is 30.3 Å². The zero-order valence-electron chi connectivity index (χ0n) is 16.4. The normalized spacial score (nSPS) is 10.9. The van der Waals surface area contributed by atoms with Crippen molar-refractivity contribution in [3.8, 4) is 0 Å². The predicted molar refractivity (Wildman–Crippen MR) is 119 cm³/mol. The lowest BCUT2D eigenvalue weighted by atomic mass is 10.2. The fourth-order valence-corrected chi connectivity index (χ4v) is 2.65. The van der Waals surface area contributed by atoms with E-state index in [0.29, 0.717) is 32.0 Å². The molecule has 7 nitrogen and oxygen atoms in total. The summed E-state index contributed by atoms with van der Waals surface area (Å²) < 4.78 is 1.87. The van der Waals surface area contributed by atoms with Gasteiger partial charge in [-0.05, 0) is 19.4 Å². The Balaban J connectivity index is 0.00000364. The van der Waals surface area contributed by atoms with Gasteiger partial charge in [-0.2, -0.15) is 5.10 Å². The Hall–Kier alpha value is -2.10. The fourth-order valence-electron chi connectivity index (χ4n) is 2.65. The summed E-state index contributed by atoms with van der Waals surface area (Å²) in [7, 11) is 3.65. The number of amides is 1. The summed E-state index contributed by atoms with van der Waals surface area (Å²) in [5, 5.41) is 13.8. The summed E-state index contributed by atoms with van der Waals surface area (Å²) in [5.41, 5.74) is 4.39. The summed E-state index contributed by atoms with van der Waals surface area (Å²) in [6, 6.07) is 9.87. The fraction of sp³-hybridized carbons (Fsp3) is 0.421. The molecule has 0 aliphatic heterocycles. The smallest absolute Gasteiger partial charge is 0.222 e. The van der Waals surface area contributed by atoms with Gasteiger partial charge in [0, 0.05) is 51.4 Å². The van der Waals surface area contributed by atoms with E-state index < -0.39 is 0 Å². The van der Waals surface area contributed by atoms with Crippen molar-refractivity contribution in [1.82, 2.24) is 25.7 Å². The average Bonchev–Trinajstić information content (AvgIpc) is 2.89. The lowest BCUT2D eigenvalue weighted by Crippen LogP contribution is -2.39. The van der Waals surface area contributed by atoms with Gasteiger partial charge in [0.2, 0.25) is 5.91 Å². The van der Waals surface area contributed by atoms with E-state index in [-0.39, 0.29) is 29.9 Å². The molecule has 0 saturated carbocycles. The lowest BCUT2D eigenvalue weighted by Gasteiger charge is -2.12. The molecule has 0 atom stereocenters. The van der Waals surface area contributed by atoms with E-state index in [1.807, 2.05) is 55.9 Å². The molecule has 0 bridgehead atoms. The number of benzene rings is 1. The van der Waals surface area contributed by atoms with Crippen molar-refractivity contribution in [2.75, 3.05) is 13.6 Å². The average molecular weight is 484 g/mol. The Labute approximate surface area is 178 Å². The van der Waals surface area contributed by atoms with Crippen LogP contribution in [0.25, 0.3) is 0 Å². The number of carbonyl (C=O) groups is 1. The number of nitrogens with one attached hydrogen (secondary N) is 3. The molecule has 1 aromatic heterocycles. The van der Waals surface area contributed by atoms with Gasteiger partial charge in [0.1, 0.15) is 0 Å². The first-order valence-corrected chi connectivity index (χ1v) is 8.75. The van der Waals surface area contributed by atoms with E-state index in [1.165, 1.54) is 0 Å². The molecular formula is C19H29IN6O. The Morgan fingerprint density at radius 3 is 2.41 bits per heavy atom. The van der Waals surface area contributed by atoms with Crippen LogP contribution in [-0.2, 0) is 24.9 Å². The van der Waals surface area contributed by atoms with Crippen LogP contribution in [0.4, 0.5) is 0 Å². The van der Waals surface area contributed by atoms with Crippen LogP contribution in [-0.4, -0.2) is 35.2 Å². The second-order valence-corrected chi connectivity index (χ2v) is 6.14. The highest BCUT2D eigenvalue weighted by molar-refractivity contribution is 14.0. The molecule has 0 spiro atoms. The van der Waals surface area contributed by atoms with Crippen molar-refractivity contribution in [2.24, 2.45) is 12.0 Å². The minimum atomic E-state index is 0. The van der Waals surface area contributed by atoms with Crippen LogP contribution in [0.2, 0.25) is 0 Å². The first-order valence-electron chi connectivity index (χ1n) is 8.75. The van der Waals surface area contributed by atoms with Gasteiger partial charge in [0.25, 0.3) is 0 Å². The van der Waals surface area contributed by atoms with E-state index >= 15 is 0 Å². The number of guanidine groups is 1. The van der Waals surface area contributed by atoms with Crippen molar-refractivity contribution >= 4 is 35.8 Å². The summed E-state index contributed by atoms with van der Waals surface area (Å²) >= 11 is 0. The predicted octanol–water partition coefficient (Wildman–Crippen LogP) is 2.03. The largest absolute Gasteiger partial charge is 0.356 e. The lowest BCUT2D eigenvalue weighted by molar-refractivity contribution is -0.121. The number of nitrogens with zero attached hydrogens (tertiary/aromatic N) is 3. The van der Waals surface area contributed by atoms with Gasteiger partial charge in [0.05, 0.1) is 5.69 Å². The minimum absolute atomic E-state index is 0. The van der Waals surface area contributed by atoms with E-state index in [0.717, 1.165) is 22.5 Å². The van der Waals surface area contributed by atoms with Crippen LogP contribution >= 0.6 is 24.0 Å². The van der Waals surface area contributed by atoms with Crippen LogP contribution in [0, 0.1) is 13.8 Å². The molecule has 2 rings (SSSR count). The number of halogens is 1. The Morgan fingerprint density at radius 1 is 1.11 bits per heavy atom. The summed E-state index contributed by atoms with van der Waals surface area (Å²) in [6.07, 6.45) is 0.387. The zero-order chi connectivity index (χ0) is 18.9. The van der Waals surface area contributed by atoms with E-state index in [1.54, 1.807) is 7.05 Å². The molecule has 3 N–H and O–H groups in total. The first-order chi connectivity index (χ1) is 12.5. The van der Waals surface area contributed by atoms with E-state index in [9.17, 15) is 4.79 Å². The molecule has 8 heteroatoms. The summed E-state index contributed by atoms with van der Waals surface area (Å²) in [5.74, 6) is 0.680. The van der Waals surface area contributed by atoms with Gasteiger partial charge in [0.15, 0.2) is 5.96 Å². The monoisotopic (exact) mass is 484 g/mol. The molecule has 0 fully saturated rings. The van der Waals surface area contributed by atoms with E-state index in [2.05, 4.69) is 26.0 Å². The molecule has 148 valence electrons. The quantitative estimate of drug-likeness (QED) is 0.319. The molecule has 27 heavy (non-hydrogen) atoms. The van der Waals surface area contributed by atoms with Crippen LogP contribution in [0.15, 0.2) is 35.3 Å². The van der Waals surface area contributed by atoms with E-state index in [4.69, 9.17) is 0 Å². The number of aliphatic imine (C=N–C) groups is 1. The van der Waals surface area contributed by atoms with Crippen LogP contribution in [0.5, 0.6) is 0 Å². The van der Waals surface area contributed by atoms with Gasteiger partial charge in [-0.3, -0.25) is 14.5 Å². The topological polar surface area (TPSA) is 83.3 Å². The Kier molecular flexibility index (Phi) is 9.84. The van der Waals surface area contributed by atoms with Gasteiger partial charge in [-0.15, -0.1) is 24.0 Å². The molecule has 1 heterocycles. The van der Waals surface area contributed by atoms with Crippen molar-refractivity contribution < 1.29 is 4.79 Å². The second kappa shape index (κ2) is 11.6. The highest BCUT2D eigenvalue weighted by Crippen LogP contribution is 2.10. The third kappa shape index (κ3) is 7.20. The molecule has 0 unspecified atom stereocenters. The third-order valence-corrected chi connectivity index (χ3v) is 4.29.